The molecule has 3 rings (SSSR count). The molecule has 138 valence electrons. The van der Waals surface area contributed by atoms with Gasteiger partial charge in [-0.15, -0.1) is 0 Å². The van der Waals surface area contributed by atoms with Crippen molar-refractivity contribution in [3.05, 3.63) is 54.0 Å². The Labute approximate surface area is 153 Å². The molecular weight excluding hydrogens is 352 g/mol. The van der Waals surface area contributed by atoms with E-state index in [1.54, 1.807) is 29.6 Å². The maximum Gasteiger partial charge on any atom is 0.255 e. The maximum absolute atomic E-state index is 12.5. The second kappa shape index (κ2) is 7.82. The molecule has 2 aromatic heterocycles. The third-order valence-corrected chi connectivity index (χ3v) is 6.11. The van der Waals surface area contributed by atoms with Gasteiger partial charge in [-0.05, 0) is 36.2 Å². The first-order chi connectivity index (χ1) is 12.4. The predicted molar refractivity (Wildman–Crippen MR) is 100 cm³/mol. The van der Waals surface area contributed by atoms with Crippen LogP contribution < -0.4 is 4.90 Å². The zero-order valence-electron chi connectivity index (χ0n) is 14.7. The van der Waals surface area contributed by atoms with E-state index in [-0.39, 0.29) is 30.5 Å². The van der Waals surface area contributed by atoms with Crippen LogP contribution in [-0.4, -0.2) is 67.4 Å². The van der Waals surface area contributed by atoms with Crippen molar-refractivity contribution in [3.63, 3.8) is 0 Å². The van der Waals surface area contributed by atoms with Crippen molar-refractivity contribution >= 4 is 21.6 Å². The molecule has 0 saturated carbocycles. The fourth-order valence-electron chi connectivity index (χ4n) is 2.80. The topological polar surface area (TPSA) is 83.5 Å². The van der Waals surface area contributed by atoms with Crippen LogP contribution in [0.5, 0.6) is 0 Å². The second-order valence-corrected chi connectivity index (χ2v) is 8.68. The average molecular weight is 374 g/mol. The molecule has 26 heavy (non-hydrogen) atoms. The lowest BCUT2D eigenvalue weighted by Gasteiger charge is -2.26. The highest BCUT2D eigenvalue weighted by Crippen LogP contribution is 2.14. The highest BCUT2D eigenvalue weighted by molar-refractivity contribution is 7.91. The predicted octanol–water partition coefficient (Wildman–Crippen LogP) is 1.03. The van der Waals surface area contributed by atoms with Gasteiger partial charge in [0.25, 0.3) is 5.91 Å². The van der Waals surface area contributed by atoms with E-state index in [1.807, 2.05) is 30.1 Å². The van der Waals surface area contributed by atoms with Gasteiger partial charge < -0.3 is 9.80 Å². The first-order valence-electron chi connectivity index (χ1n) is 8.50. The molecule has 0 spiro atoms. The van der Waals surface area contributed by atoms with E-state index in [1.165, 1.54) is 5.56 Å². The number of sulfone groups is 1. The van der Waals surface area contributed by atoms with Gasteiger partial charge >= 0.3 is 0 Å². The number of carbonyl (C=O) groups is 1. The number of carbonyl (C=O) groups excluding carboxylic acids is 1. The monoisotopic (exact) mass is 374 g/mol. The molecule has 0 atom stereocenters. The molecule has 1 amide bonds. The van der Waals surface area contributed by atoms with Crippen LogP contribution in [0.4, 0.5) is 5.82 Å². The number of hydrogen-bond donors (Lipinski definition) is 0. The summed E-state index contributed by atoms with van der Waals surface area (Å²) in [4.78, 5) is 24.5. The van der Waals surface area contributed by atoms with Crippen LogP contribution >= 0.6 is 0 Å². The molecule has 1 aliphatic rings. The number of rotatable bonds is 5. The summed E-state index contributed by atoms with van der Waals surface area (Å²) in [7, 11) is -1.04. The summed E-state index contributed by atoms with van der Waals surface area (Å²) in [5, 5.41) is 0. The SMILES string of the molecule is CN(CCc1ccncc1)c1ccc(C(=O)N2CCS(=O)(=O)CC2)cn1. The fraction of sp³-hybridized carbons (Fsp3) is 0.389. The molecule has 1 fully saturated rings. The third-order valence-electron chi connectivity index (χ3n) is 4.50. The van der Waals surface area contributed by atoms with E-state index in [9.17, 15) is 13.2 Å². The van der Waals surface area contributed by atoms with Crippen LogP contribution in [0, 0.1) is 0 Å². The summed E-state index contributed by atoms with van der Waals surface area (Å²) in [6, 6.07) is 7.54. The average Bonchev–Trinajstić information content (AvgIpc) is 2.66. The number of nitrogens with zero attached hydrogens (tertiary/aromatic N) is 4. The van der Waals surface area contributed by atoms with Crippen molar-refractivity contribution in [1.29, 1.82) is 0 Å². The molecule has 7 nitrogen and oxygen atoms in total. The Balaban J connectivity index is 1.58. The smallest absolute Gasteiger partial charge is 0.255 e. The van der Waals surface area contributed by atoms with E-state index >= 15 is 0 Å². The normalized spacial score (nSPS) is 16.3. The minimum absolute atomic E-state index is 0.0298. The van der Waals surface area contributed by atoms with Gasteiger partial charge in [0, 0.05) is 45.3 Å². The minimum Gasteiger partial charge on any atom is -0.359 e. The molecule has 0 unspecified atom stereocenters. The number of aromatic nitrogens is 2. The number of amides is 1. The van der Waals surface area contributed by atoms with Gasteiger partial charge in [0.1, 0.15) is 5.82 Å². The summed E-state index contributed by atoms with van der Waals surface area (Å²) in [5.74, 6) is 0.680. The lowest BCUT2D eigenvalue weighted by atomic mass is 10.2. The number of anilines is 1. The Morgan fingerprint density at radius 1 is 1.15 bits per heavy atom. The van der Waals surface area contributed by atoms with Crippen molar-refractivity contribution in [2.75, 3.05) is 43.1 Å². The largest absolute Gasteiger partial charge is 0.359 e. The van der Waals surface area contributed by atoms with E-state index in [0.29, 0.717) is 5.56 Å². The lowest BCUT2D eigenvalue weighted by Crippen LogP contribution is -2.43. The van der Waals surface area contributed by atoms with Crippen LogP contribution in [0.15, 0.2) is 42.9 Å². The van der Waals surface area contributed by atoms with Gasteiger partial charge in [-0.2, -0.15) is 0 Å². The summed E-state index contributed by atoms with van der Waals surface area (Å²) in [6.45, 7) is 1.29. The number of hydrogen-bond acceptors (Lipinski definition) is 6. The fourth-order valence-corrected chi connectivity index (χ4v) is 4.00. The third kappa shape index (κ3) is 4.57. The van der Waals surface area contributed by atoms with E-state index in [2.05, 4.69) is 9.97 Å². The standard InChI is InChI=1S/C18H22N4O3S/c1-21(9-6-15-4-7-19-8-5-15)17-3-2-16(14-20-17)18(23)22-10-12-26(24,25)13-11-22/h2-5,7-8,14H,6,9-13H2,1H3. The van der Waals surface area contributed by atoms with Crippen LogP contribution in [0.2, 0.25) is 0 Å². The van der Waals surface area contributed by atoms with E-state index in [0.717, 1.165) is 18.8 Å². The number of likely N-dealkylation sites (N-methyl/N-ethyl adjacent to an activating group) is 1. The van der Waals surface area contributed by atoms with E-state index < -0.39 is 9.84 Å². The van der Waals surface area contributed by atoms with Crippen molar-refractivity contribution in [2.45, 2.75) is 6.42 Å². The zero-order chi connectivity index (χ0) is 18.6. The Kier molecular flexibility index (Phi) is 5.51. The molecule has 0 aromatic carbocycles. The highest BCUT2D eigenvalue weighted by Gasteiger charge is 2.25. The van der Waals surface area contributed by atoms with Gasteiger partial charge in [-0.25, -0.2) is 13.4 Å². The molecule has 0 radical (unpaired) electrons. The van der Waals surface area contributed by atoms with Gasteiger partial charge in [0.05, 0.1) is 17.1 Å². The van der Waals surface area contributed by atoms with Crippen LogP contribution in [0.3, 0.4) is 0 Å². The molecule has 8 heteroatoms. The molecule has 0 bridgehead atoms. The number of pyridine rings is 2. The van der Waals surface area contributed by atoms with Crippen molar-refractivity contribution < 1.29 is 13.2 Å². The Morgan fingerprint density at radius 3 is 2.46 bits per heavy atom. The molecular formula is C18H22N4O3S. The minimum atomic E-state index is -3.00. The Bertz CT molecular complexity index is 840. The van der Waals surface area contributed by atoms with Crippen LogP contribution in [0.1, 0.15) is 15.9 Å². The summed E-state index contributed by atoms with van der Waals surface area (Å²) in [6.07, 6.45) is 5.99. The molecule has 0 N–H and O–H groups in total. The summed E-state index contributed by atoms with van der Waals surface area (Å²) < 4.78 is 23.0. The maximum atomic E-state index is 12.5. The quantitative estimate of drug-likeness (QED) is 0.777. The lowest BCUT2D eigenvalue weighted by molar-refractivity contribution is 0.0770. The van der Waals surface area contributed by atoms with Gasteiger partial charge in [0.15, 0.2) is 9.84 Å². The first-order valence-corrected chi connectivity index (χ1v) is 10.3. The molecule has 2 aromatic rings. The van der Waals surface area contributed by atoms with E-state index in [4.69, 9.17) is 0 Å². The second-order valence-electron chi connectivity index (χ2n) is 6.38. The molecule has 3 heterocycles. The Morgan fingerprint density at radius 2 is 1.85 bits per heavy atom. The summed E-state index contributed by atoms with van der Waals surface area (Å²) in [5.41, 5.74) is 1.69. The van der Waals surface area contributed by atoms with Crippen LogP contribution in [-0.2, 0) is 16.3 Å². The zero-order valence-corrected chi connectivity index (χ0v) is 15.5. The van der Waals surface area contributed by atoms with Gasteiger partial charge in [0.2, 0.25) is 0 Å². The van der Waals surface area contributed by atoms with Crippen molar-refractivity contribution in [3.8, 4) is 0 Å². The first kappa shape index (κ1) is 18.3. The van der Waals surface area contributed by atoms with Gasteiger partial charge in [-0.1, -0.05) is 0 Å². The molecule has 1 saturated heterocycles. The molecule has 1 aliphatic heterocycles. The van der Waals surface area contributed by atoms with Crippen molar-refractivity contribution in [1.82, 2.24) is 14.9 Å². The molecule has 0 aliphatic carbocycles. The highest BCUT2D eigenvalue weighted by atomic mass is 32.2. The Hall–Kier alpha value is -2.48. The van der Waals surface area contributed by atoms with Crippen LogP contribution in [0.25, 0.3) is 0 Å². The summed E-state index contributed by atoms with van der Waals surface area (Å²) >= 11 is 0. The van der Waals surface area contributed by atoms with Crippen molar-refractivity contribution in [2.24, 2.45) is 0 Å². The van der Waals surface area contributed by atoms with Gasteiger partial charge in [-0.3, -0.25) is 9.78 Å².